The Balaban J connectivity index is 2.04. The van der Waals surface area contributed by atoms with E-state index in [1.807, 2.05) is 0 Å². The van der Waals surface area contributed by atoms with Crippen molar-refractivity contribution < 1.29 is 13.9 Å². The van der Waals surface area contributed by atoms with E-state index in [1.54, 1.807) is 17.5 Å². The van der Waals surface area contributed by atoms with Crippen LogP contribution in [0.25, 0.3) is 0 Å². The molecule has 2 heterocycles. The SMILES string of the molecule is COc1ncc(F)c(NNC(=O)c2cccs2)n1. The first kappa shape index (κ1) is 12.2. The predicted octanol–water partition coefficient (Wildman–Crippen LogP) is 1.44. The molecule has 0 unspecified atom stereocenters. The van der Waals surface area contributed by atoms with Crippen LogP contribution in [0.3, 0.4) is 0 Å². The minimum atomic E-state index is -0.692. The molecule has 0 radical (unpaired) electrons. The predicted molar refractivity (Wildman–Crippen MR) is 63.9 cm³/mol. The van der Waals surface area contributed by atoms with E-state index in [1.165, 1.54) is 18.4 Å². The van der Waals surface area contributed by atoms with E-state index < -0.39 is 5.82 Å². The van der Waals surface area contributed by atoms with Crippen molar-refractivity contribution in [2.45, 2.75) is 0 Å². The molecule has 2 N–H and O–H groups in total. The summed E-state index contributed by atoms with van der Waals surface area (Å²) in [4.78, 5) is 19.4. The fraction of sp³-hybridized carbons (Fsp3) is 0.100. The van der Waals surface area contributed by atoms with Crippen molar-refractivity contribution in [3.8, 4) is 6.01 Å². The van der Waals surface area contributed by atoms with Gasteiger partial charge in [0, 0.05) is 0 Å². The summed E-state index contributed by atoms with van der Waals surface area (Å²) in [5, 5.41) is 1.77. The second-order valence-corrected chi connectivity index (χ2v) is 4.06. The molecule has 8 heteroatoms. The highest BCUT2D eigenvalue weighted by atomic mass is 32.1. The van der Waals surface area contributed by atoms with Crippen LogP contribution in [0.5, 0.6) is 6.01 Å². The molecule has 0 aliphatic rings. The van der Waals surface area contributed by atoms with Gasteiger partial charge in [0.1, 0.15) is 0 Å². The van der Waals surface area contributed by atoms with Crippen molar-refractivity contribution in [1.29, 1.82) is 0 Å². The first-order valence-corrected chi connectivity index (χ1v) is 5.75. The number of anilines is 1. The Kier molecular flexibility index (Phi) is 3.68. The molecule has 2 aromatic heterocycles. The largest absolute Gasteiger partial charge is 0.467 e. The zero-order valence-corrected chi connectivity index (χ0v) is 10.1. The van der Waals surface area contributed by atoms with Gasteiger partial charge in [0.05, 0.1) is 18.2 Å². The van der Waals surface area contributed by atoms with Crippen LogP contribution < -0.4 is 15.6 Å². The van der Waals surface area contributed by atoms with Gasteiger partial charge in [0.2, 0.25) is 0 Å². The summed E-state index contributed by atoms with van der Waals surface area (Å²) in [5.74, 6) is -1.23. The van der Waals surface area contributed by atoms with E-state index in [-0.39, 0.29) is 17.7 Å². The fourth-order valence-corrected chi connectivity index (χ4v) is 1.74. The number of rotatable bonds is 4. The third kappa shape index (κ3) is 2.72. The molecule has 18 heavy (non-hydrogen) atoms. The van der Waals surface area contributed by atoms with E-state index in [9.17, 15) is 9.18 Å². The van der Waals surface area contributed by atoms with E-state index in [4.69, 9.17) is 4.74 Å². The van der Waals surface area contributed by atoms with E-state index in [0.29, 0.717) is 4.88 Å². The van der Waals surface area contributed by atoms with Crippen LogP contribution in [0.15, 0.2) is 23.7 Å². The normalized spacial score (nSPS) is 9.89. The summed E-state index contributed by atoms with van der Waals surface area (Å²) < 4.78 is 18.1. The molecule has 94 valence electrons. The summed E-state index contributed by atoms with van der Waals surface area (Å²) >= 11 is 1.27. The molecule has 0 atom stereocenters. The highest BCUT2D eigenvalue weighted by Crippen LogP contribution is 2.12. The first-order chi connectivity index (χ1) is 8.70. The Morgan fingerprint density at radius 1 is 1.56 bits per heavy atom. The second-order valence-electron chi connectivity index (χ2n) is 3.11. The molecule has 2 rings (SSSR count). The molecule has 0 fully saturated rings. The summed E-state index contributed by atoms with van der Waals surface area (Å²) in [7, 11) is 1.36. The summed E-state index contributed by atoms with van der Waals surface area (Å²) in [6.07, 6.45) is 0.950. The van der Waals surface area contributed by atoms with Crippen molar-refractivity contribution in [1.82, 2.24) is 15.4 Å². The third-order valence-electron chi connectivity index (χ3n) is 1.94. The highest BCUT2D eigenvalue weighted by Gasteiger charge is 2.10. The monoisotopic (exact) mass is 268 g/mol. The van der Waals surface area contributed by atoms with Crippen molar-refractivity contribution in [2.24, 2.45) is 0 Å². The number of nitrogens with zero attached hydrogens (tertiary/aromatic N) is 2. The maximum Gasteiger partial charge on any atom is 0.318 e. The number of hydrogen-bond donors (Lipinski definition) is 2. The zero-order valence-electron chi connectivity index (χ0n) is 9.31. The van der Waals surface area contributed by atoms with Gasteiger partial charge < -0.3 is 4.74 Å². The van der Waals surface area contributed by atoms with Gasteiger partial charge in [-0.2, -0.15) is 4.98 Å². The Labute approximate surface area is 106 Å². The number of carbonyl (C=O) groups is 1. The lowest BCUT2D eigenvalue weighted by Crippen LogP contribution is -2.29. The molecule has 2 aromatic rings. The van der Waals surface area contributed by atoms with Gasteiger partial charge in [-0.3, -0.25) is 15.6 Å². The summed E-state index contributed by atoms with van der Waals surface area (Å²) in [5.41, 5.74) is 4.71. The average molecular weight is 268 g/mol. The standard InChI is InChI=1S/C10H9FN4O2S/c1-17-10-12-5-6(11)8(13-10)14-15-9(16)7-3-2-4-18-7/h2-5H,1H3,(H,15,16)(H,12,13,14). The first-order valence-electron chi connectivity index (χ1n) is 4.87. The number of thiophene rings is 1. The Morgan fingerprint density at radius 2 is 2.39 bits per heavy atom. The van der Waals surface area contributed by atoms with Gasteiger partial charge in [-0.05, 0) is 11.4 Å². The number of ether oxygens (including phenoxy) is 1. The molecule has 0 aliphatic heterocycles. The number of halogens is 1. The zero-order chi connectivity index (χ0) is 13.0. The summed E-state index contributed by atoms with van der Waals surface area (Å²) in [6, 6.07) is 3.40. The number of aromatic nitrogens is 2. The molecule has 1 amide bonds. The van der Waals surface area contributed by atoms with E-state index in [2.05, 4.69) is 20.8 Å². The Hall–Kier alpha value is -2.22. The third-order valence-corrected chi connectivity index (χ3v) is 2.81. The smallest absolute Gasteiger partial charge is 0.318 e. The fourth-order valence-electron chi connectivity index (χ4n) is 1.12. The quantitative estimate of drug-likeness (QED) is 0.821. The lowest BCUT2D eigenvalue weighted by molar-refractivity contribution is 0.0966. The summed E-state index contributed by atoms with van der Waals surface area (Å²) in [6.45, 7) is 0. The van der Waals surface area contributed by atoms with Crippen LogP contribution in [0.2, 0.25) is 0 Å². The van der Waals surface area contributed by atoms with Gasteiger partial charge in [-0.15, -0.1) is 11.3 Å². The number of nitrogens with one attached hydrogen (secondary N) is 2. The van der Waals surface area contributed by atoms with Gasteiger partial charge >= 0.3 is 6.01 Å². The van der Waals surface area contributed by atoms with Crippen molar-refractivity contribution >= 4 is 23.1 Å². The van der Waals surface area contributed by atoms with Crippen molar-refractivity contribution in [3.05, 3.63) is 34.4 Å². The number of methoxy groups -OCH3 is 1. The van der Waals surface area contributed by atoms with Crippen LogP contribution >= 0.6 is 11.3 Å². The Morgan fingerprint density at radius 3 is 3.06 bits per heavy atom. The Bertz CT molecular complexity index is 547. The minimum Gasteiger partial charge on any atom is -0.467 e. The van der Waals surface area contributed by atoms with E-state index in [0.717, 1.165) is 6.20 Å². The van der Waals surface area contributed by atoms with Crippen LogP contribution in [-0.2, 0) is 0 Å². The van der Waals surface area contributed by atoms with Crippen LogP contribution in [0, 0.1) is 5.82 Å². The molecule has 0 aliphatic carbocycles. The number of amides is 1. The molecule has 0 saturated carbocycles. The molecular formula is C10H9FN4O2S. The molecule has 0 spiro atoms. The molecule has 0 saturated heterocycles. The lowest BCUT2D eigenvalue weighted by atomic mass is 10.4. The minimum absolute atomic E-state index is 0.00396. The maximum atomic E-state index is 13.3. The highest BCUT2D eigenvalue weighted by molar-refractivity contribution is 7.12. The van der Waals surface area contributed by atoms with Gasteiger partial charge in [0.15, 0.2) is 11.6 Å². The van der Waals surface area contributed by atoms with Crippen molar-refractivity contribution in [2.75, 3.05) is 12.5 Å². The lowest BCUT2D eigenvalue weighted by Gasteiger charge is -2.07. The molecule has 0 aromatic carbocycles. The molecular weight excluding hydrogens is 259 g/mol. The maximum absolute atomic E-state index is 13.3. The van der Waals surface area contributed by atoms with Gasteiger partial charge in [-0.25, -0.2) is 9.37 Å². The van der Waals surface area contributed by atoms with Crippen LogP contribution in [-0.4, -0.2) is 23.0 Å². The van der Waals surface area contributed by atoms with Crippen LogP contribution in [0.4, 0.5) is 10.2 Å². The number of carbonyl (C=O) groups excluding carboxylic acids is 1. The van der Waals surface area contributed by atoms with E-state index >= 15 is 0 Å². The van der Waals surface area contributed by atoms with Crippen molar-refractivity contribution in [3.63, 3.8) is 0 Å². The van der Waals surface area contributed by atoms with Crippen LogP contribution in [0.1, 0.15) is 9.67 Å². The topological polar surface area (TPSA) is 76.1 Å². The second kappa shape index (κ2) is 5.41. The number of hydrogen-bond acceptors (Lipinski definition) is 6. The number of hydrazine groups is 1. The van der Waals surface area contributed by atoms with Gasteiger partial charge in [0.25, 0.3) is 5.91 Å². The van der Waals surface area contributed by atoms with Gasteiger partial charge in [-0.1, -0.05) is 6.07 Å². The average Bonchev–Trinajstić information content (AvgIpc) is 2.91. The molecule has 0 bridgehead atoms. The molecule has 6 nitrogen and oxygen atoms in total.